The Kier molecular flexibility index (Phi) is 7.00. The van der Waals surface area contributed by atoms with E-state index >= 15 is 0 Å². The second-order valence-corrected chi connectivity index (χ2v) is 12.9. The Bertz CT molecular complexity index is 2730. The zero-order valence-electron chi connectivity index (χ0n) is 27.4. The smallest absolute Gasteiger partial charge is 0.105 e. The van der Waals surface area contributed by atoms with Gasteiger partial charge in [-0.25, -0.2) is 0 Å². The number of anilines is 2. The molecule has 0 radical (unpaired) electrons. The predicted molar refractivity (Wildman–Crippen MR) is 202 cm³/mol. The van der Waals surface area contributed by atoms with Crippen molar-refractivity contribution < 1.29 is 0 Å². The quantitative estimate of drug-likeness (QED) is 0.190. The maximum atomic E-state index is 9.96. The molecule has 5 aromatic carbocycles. The standard InChI is InChI=1S/C46H27N5/c47-27-30-16-21-44(51-43-14-4-1-11-37(43)39-20-15-32(29-49)25-46(39)51)40(23-30)35-9-5-8-34(26-35)33-7-6-10-36(19-18-33)50-42-13-3-2-12-38(42)41-24-31(28-48)17-22-45(41)50/h1-2,4-9,11-12,14-26,39,46H,10H2. The summed E-state index contributed by atoms with van der Waals surface area (Å²) in [6.45, 7) is 0. The van der Waals surface area contributed by atoms with Crippen LogP contribution in [0.3, 0.4) is 0 Å². The Balaban J connectivity index is 1.14. The van der Waals surface area contributed by atoms with Gasteiger partial charge in [0.05, 0.1) is 40.9 Å². The van der Waals surface area contributed by atoms with Crippen molar-refractivity contribution in [2.75, 3.05) is 4.90 Å². The van der Waals surface area contributed by atoms with Gasteiger partial charge in [0.15, 0.2) is 0 Å². The zero-order valence-corrected chi connectivity index (χ0v) is 27.4. The molecule has 2 unspecified atom stereocenters. The molecular formula is C46H27N5. The van der Waals surface area contributed by atoms with Gasteiger partial charge >= 0.3 is 0 Å². The van der Waals surface area contributed by atoms with Crippen molar-refractivity contribution in [3.63, 3.8) is 0 Å². The molecule has 3 aliphatic rings. The Morgan fingerprint density at radius 3 is 2.45 bits per heavy atom. The molecule has 9 rings (SSSR count). The summed E-state index contributed by atoms with van der Waals surface area (Å²) in [6, 6.07) is 45.8. The van der Waals surface area contributed by atoms with Gasteiger partial charge in [-0.15, -0.1) is 0 Å². The first-order chi connectivity index (χ1) is 25.1. The molecule has 0 saturated heterocycles. The number of benzene rings is 4. The molecule has 5 nitrogen and oxygen atoms in total. The topological polar surface area (TPSA) is 79.5 Å². The highest BCUT2D eigenvalue weighted by Gasteiger charge is 2.39. The Hall–Kier alpha value is -7.31. The average Bonchev–Trinajstić information content (AvgIpc) is 3.57. The van der Waals surface area contributed by atoms with Crippen LogP contribution < -0.4 is 4.90 Å². The van der Waals surface area contributed by atoms with Gasteiger partial charge in [-0.3, -0.25) is 0 Å². The third-order valence-electron chi connectivity index (χ3n) is 10.1. The maximum absolute atomic E-state index is 9.96. The number of hydrogen-bond donors (Lipinski definition) is 0. The summed E-state index contributed by atoms with van der Waals surface area (Å²) in [6.07, 6.45) is 15.5. The van der Waals surface area contributed by atoms with Crippen molar-refractivity contribution in [3.05, 3.63) is 180 Å². The van der Waals surface area contributed by atoms with Gasteiger partial charge < -0.3 is 9.47 Å². The Morgan fingerprint density at radius 1 is 0.725 bits per heavy atom. The molecule has 236 valence electrons. The van der Waals surface area contributed by atoms with E-state index in [1.54, 1.807) is 0 Å². The van der Waals surface area contributed by atoms with Crippen LogP contribution in [0.4, 0.5) is 11.4 Å². The molecule has 0 amide bonds. The minimum Gasteiger partial charge on any atom is -0.333 e. The molecular weight excluding hydrogens is 623 g/mol. The minimum absolute atomic E-state index is 0.0600. The molecule has 51 heavy (non-hydrogen) atoms. The molecule has 0 spiro atoms. The van der Waals surface area contributed by atoms with Crippen molar-refractivity contribution in [1.29, 1.82) is 15.8 Å². The van der Waals surface area contributed by atoms with Crippen LogP contribution in [0, 0.1) is 46.1 Å². The van der Waals surface area contributed by atoms with E-state index in [0.29, 0.717) is 23.1 Å². The van der Waals surface area contributed by atoms with Gasteiger partial charge in [0, 0.05) is 51.3 Å². The lowest BCUT2D eigenvalue weighted by Crippen LogP contribution is -2.29. The predicted octanol–water partition coefficient (Wildman–Crippen LogP) is 10.3. The van der Waals surface area contributed by atoms with Crippen LogP contribution in [0.2, 0.25) is 0 Å². The number of rotatable bonds is 4. The normalized spacial score (nSPS) is 17.3. The van der Waals surface area contributed by atoms with E-state index in [1.807, 2.05) is 54.6 Å². The number of fused-ring (bicyclic) bond motifs is 6. The lowest BCUT2D eigenvalue weighted by molar-refractivity contribution is 0.741. The fourth-order valence-electron chi connectivity index (χ4n) is 7.80. The van der Waals surface area contributed by atoms with Crippen molar-refractivity contribution in [1.82, 2.24) is 4.57 Å². The summed E-state index contributed by atoms with van der Waals surface area (Å²) >= 11 is 0. The first-order valence-corrected chi connectivity index (χ1v) is 16.8. The van der Waals surface area contributed by atoms with Gasteiger partial charge in [-0.1, -0.05) is 66.8 Å². The highest BCUT2D eigenvalue weighted by molar-refractivity contribution is 6.10. The number of aromatic nitrogens is 1. The number of nitrogens with zero attached hydrogens (tertiary/aromatic N) is 5. The van der Waals surface area contributed by atoms with Gasteiger partial charge in [0.1, 0.15) is 5.52 Å². The van der Waals surface area contributed by atoms with Crippen LogP contribution in [0.15, 0.2) is 145 Å². The van der Waals surface area contributed by atoms with Crippen molar-refractivity contribution in [3.8, 4) is 29.3 Å². The minimum atomic E-state index is -0.0600. The first kappa shape index (κ1) is 29.8. The summed E-state index contributed by atoms with van der Waals surface area (Å²) in [5.41, 5.74) is 12.3. The van der Waals surface area contributed by atoms with E-state index in [4.69, 9.17) is 0 Å². The molecule has 2 heterocycles. The molecule has 6 aromatic rings. The second kappa shape index (κ2) is 12.0. The second-order valence-electron chi connectivity index (χ2n) is 12.9. The fraction of sp³-hybridized carbons (Fsp3) is 0.0652. The number of allylic oxidation sites excluding steroid dienone is 8. The Labute approximate surface area is 296 Å². The van der Waals surface area contributed by atoms with Crippen LogP contribution >= 0.6 is 0 Å². The Morgan fingerprint density at radius 2 is 1.57 bits per heavy atom. The van der Waals surface area contributed by atoms with E-state index in [0.717, 1.165) is 61.1 Å². The maximum Gasteiger partial charge on any atom is 0.105 e. The van der Waals surface area contributed by atoms with Crippen LogP contribution in [-0.4, -0.2) is 10.6 Å². The summed E-state index contributed by atoms with van der Waals surface area (Å²) in [7, 11) is 0. The molecule has 2 atom stereocenters. The lowest BCUT2D eigenvalue weighted by Gasteiger charge is -2.31. The van der Waals surface area contributed by atoms with Gasteiger partial charge in [-0.2, -0.15) is 15.8 Å². The molecule has 5 heteroatoms. The summed E-state index contributed by atoms with van der Waals surface area (Å²) in [5, 5.41) is 31.4. The highest BCUT2D eigenvalue weighted by Crippen LogP contribution is 2.50. The summed E-state index contributed by atoms with van der Waals surface area (Å²) in [4.78, 5) is 2.32. The highest BCUT2D eigenvalue weighted by atomic mass is 15.2. The van der Waals surface area contributed by atoms with Crippen molar-refractivity contribution in [2.24, 2.45) is 0 Å². The third kappa shape index (κ3) is 4.85. The van der Waals surface area contributed by atoms with E-state index in [1.165, 1.54) is 5.56 Å². The van der Waals surface area contributed by atoms with Gasteiger partial charge in [-0.05, 0) is 107 Å². The SMILES string of the molecule is N#CC1=CC2C(C=C1)c1ccccc1N2c1ccc(C#N)cc1-c1cccc(C2=CC=C(n3c4c#cccc4c4cc(C#N)ccc43)CC=C2)c1. The van der Waals surface area contributed by atoms with Crippen molar-refractivity contribution >= 4 is 44.5 Å². The van der Waals surface area contributed by atoms with Gasteiger partial charge in [0.25, 0.3) is 0 Å². The largest absolute Gasteiger partial charge is 0.333 e. The van der Waals surface area contributed by atoms with E-state index < -0.39 is 0 Å². The molecule has 0 bridgehead atoms. The van der Waals surface area contributed by atoms with Crippen LogP contribution in [0.25, 0.3) is 44.2 Å². The van der Waals surface area contributed by atoms with Crippen molar-refractivity contribution in [2.45, 2.75) is 18.4 Å². The number of nitriles is 3. The summed E-state index contributed by atoms with van der Waals surface area (Å²) in [5.74, 6) is 0.119. The van der Waals surface area contributed by atoms with Crippen LogP contribution in [-0.2, 0) is 0 Å². The molecule has 1 aromatic heterocycles. The molecule has 0 fully saturated rings. The van der Waals surface area contributed by atoms with E-state index in [9.17, 15) is 15.8 Å². The van der Waals surface area contributed by atoms with Gasteiger partial charge in [0.2, 0.25) is 0 Å². The number of hydrogen-bond acceptors (Lipinski definition) is 4. The molecule has 1 aliphatic heterocycles. The monoisotopic (exact) mass is 649 g/mol. The van der Waals surface area contributed by atoms with E-state index in [2.05, 4.69) is 125 Å². The summed E-state index contributed by atoms with van der Waals surface area (Å²) < 4.78 is 2.22. The fourth-order valence-corrected chi connectivity index (χ4v) is 7.80. The molecule has 2 aliphatic carbocycles. The van der Waals surface area contributed by atoms with E-state index in [-0.39, 0.29) is 12.0 Å². The lowest BCUT2D eigenvalue weighted by atomic mass is 9.89. The average molecular weight is 650 g/mol. The van der Waals surface area contributed by atoms with Crippen LogP contribution in [0.5, 0.6) is 0 Å². The number of para-hydroxylation sites is 1. The third-order valence-corrected chi connectivity index (χ3v) is 10.1. The first-order valence-electron chi connectivity index (χ1n) is 16.8. The van der Waals surface area contributed by atoms with Crippen LogP contribution in [0.1, 0.15) is 34.6 Å². The molecule has 0 saturated carbocycles. The molecule has 0 N–H and O–H groups in total. The zero-order chi connectivity index (χ0) is 34.5.